The summed E-state index contributed by atoms with van der Waals surface area (Å²) in [6.45, 7) is 9.99. The number of aryl methyl sites for hydroxylation is 1. The van der Waals surface area contributed by atoms with Crippen LogP contribution in [0.2, 0.25) is 0 Å². The van der Waals surface area contributed by atoms with Crippen LogP contribution < -0.4 is 5.32 Å². The van der Waals surface area contributed by atoms with Gasteiger partial charge in [0.15, 0.2) is 0 Å². The van der Waals surface area contributed by atoms with Gasteiger partial charge >= 0.3 is 5.97 Å². The standard InChI is InChI=1S/C22H31NO3/c1-13(2)16-11-15-7-8-19-21(4,9-6-10-22(19,5)20(25)26)17(15)12-18(16)23-14(3)24/h11-13,19H,6-10H2,1-5H3,(H,23,24)(H,25,26)/t19-,21-,22-/m1/s1. The number of hydrogen-bond acceptors (Lipinski definition) is 2. The van der Waals surface area contributed by atoms with Gasteiger partial charge in [0.25, 0.3) is 0 Å². The second-order valence-corrected chi connectivity index (χ2v) is 9.02. The number of rotatable bonds is 3. The Morgan fingerprint density at radius 1 is 1.23 bits per heavy atom. The van der Waals surface area contributed by atoms with Crippen LogP contribution in [0.1, 0.15) is 82.9 Å². The Hall–Kier alpha value is -1.84. The second-order valence-electron chi connectivity index (χ2n) is 9.02. The van der Waals surface area contributed by atoms with E-state index in [1.165, 1.54) is 18.1 Å². The molecule has 0 radical (unpaired) electrons. The minimum atomic E-state index is -0.671. The van der Waals surface area contributed by atoms with Crippen LogP contribution in [0.5, 0.6) is 0 Å². The van der Waals surface area contributed by atoms with Crippen LogP contribution in [0.25, 0.3) is 0 Å². The lowest BCUT2D eigenvalue weighted by atomic mass is 9.49. The highest BCUT2D eigenvalue weighted by Gasteiger charge is 2.55. The van der Waals surface area contributed by atoms with Crippen molar-refractivity contribution in [1.82, 2.24) is 0 Å². The van der Waals surface area contributed by atoms with E-state index in [0.717, 1.165) is 43.4 Å². The summed E-state index contributed by atoms with van der Waals surface area (Å²) in [4.78, 5) is 23.8. The molecular formula is C22H31NO3. The van der Waals surface area contributed by atoms with Crippen molar-refractivity contribution in [2.45, 2.75) is 78.1 Å². The zero-order valence-electron chi connectivity index (χ0n) is 16.6. The molecule has 0 unspecified atom stereocenters. The highest BCUT2D eigenvalue weighted by molar-refractivity contribution is 5.90. The van der Waals surface area contributed by atoms with Crippen molar-refractivity contribution in [3.63, 3.8) is 0 Å². The van der Waals surface area contributed by atoms with Gasteiger partial charge in [0.05, 0.1) is 5.41 Å². The van der Waals surface area contributed by atoms with Gasteiger partial charge in [-0.1, -0.05) is 33.3 Å². The third kappa shape index (κ3) is 2.83. The molecule has 4 nitrogen and oxygen atoms in total. The number of carboxylic acids is 1. The summed E-state index contributed by atoms with van der Waals surface area (Å²) in [5.41, 5.74) is 3.80. The zero-order valence-corrected chi connectivity index (χ0v) is 16.6. The Morgan fingerprint density at radius 2 is 1.92 bits per heavy atom. The number of amides is 1. The van der Waals surface area contributed by atoms with Crippen molar-refractivity contribution in [2.75, 3.05) is 5.32 Å². The molecule has 2 aliphatic carbocycles. The second kappa shape index (κ2) is 6.40. The number of anilines is 1. The Labute approximate surface area is 156 Å². The molecule has 1 saturated carbocycles. The van der Waals surface area contributed by atoms with Crippen molar-refractivity contribution >= 4 is 17.6 Å². The van der Waals surface area contributed by atoms with Crippen molar-refractivity contribution in [3.05, 3.63) is 28.8 Å². The lowest BCUT2D eigenvalue weighted by molar-refractivity contribution is -0.157. The number of nitrogens with one attached hydrogen (secondary N) is 1. The van der Waals surface area contributed by atoms with Gasteiger partial charge in [-0.05, 0) is 72.6 Å². The molecule has 1 aromatic carbocycles. The average Bonchev–Trinajstić information content (AvgIpc) is 2.53. The third-order valence-electron chi connectivity index (χ3n) is 6.94. The van der Waals surface area contributed by atoms with E-state index in [1.54, 1.807) is 0 Å². The first-order valence-corrected chi connectivity index (χ1v) is 9.78. The number of aliphatic carboxylic acids is 1. The highest BCUT2D eigenvalue weighted by Crippen LogP contribution is 2.58. The Balaban J connectivity index is 2.15. The van der Waals surface area contributed by atoms with Crippen molar-refractivity contribution in [3.8, 4) is 0 Å². The molecule has 0 aliphatic heterocycles. The van der Waals surface area contributed by atoms with Crippen LogP contribution in [0.3, 0.4) is 0 Å². The van der Waals surface area contributed by atoms with E-state index in [-0.39, 0.29) is 17.2 Å². The predicted molar refractivity (Wildman–Crippen MR) is 104 cm³/mol. The summed E-state index contributed by atoms with van der Waals surface area (Å²) in [6.07, 6.45) is 4.52. The molecule has 1 amide bonds. The fourth-order valence-electron chi connectivity index (χ4n) is 5.57. The maximum atomic E-state index is 12.1. The van der Waals surface area contributed by atoms with E-state index in [0.29, 0.717) is 5.92 Å². The fourth-order valence-corrected chi connectivity index (χ4v) is 5.57. The van der Waals surface area contributed by atoms with Gasteiger partial charge < -0.3 is 10.4 Å². The summed E-state index contributed by atoms with van der Waals surface area (Å²) in [6, 6.07) is 4.39. The van der Waals surface area contributed by atoms with Crippen molar-refractivity contribution in [2.24, 2.45) is 11.3 Å². The van der Waals surface area contributed by atoms with Crippen LogP contribution in [-0.2, 0) is 21.4 Å². The lowest BCUT2D eigenvalue weighted by Gasteiger charge is -2.53. The summed E-state index contributed by atoms with van der Waals surface area (Å²) in [5, 5.41) is 12.9. The molecule has 0 heterocycles. The molecule has 3 atom stereocenters. The number of carboxylic acid groups (broad SMARTS) is 1. The van der Waals surface area contributed by atoms with Crippen molar-refractivity contribution in [1.29, 1.82) is 0 Å². The predicted octanol–water partition coefficient (Wildman–Crippen LogP) is 4.86. The summed E-state index contributed by atoms with van der Waals surface area (Å²) >= 11 is 0. The van der Waals surface area contributed by atoms with Gasteiger partial charge in [0.1, 0.15) is 0 Å². The molecular weight excluding hydrogens is 326 g/mol. The van der Waals surface area contributed by atoms with Gasteiger partial charge in [-0.15, -0.1) is 0 Å². The first-order chi connectivity index (χ1) is 12.1. The minimum Gasteiger partial charge on any atom is -0.481 e. The van der Waals surface area contributed by atoms with E-state index in [9.17, 15) is 14.7 Å². The summed E-state index contributed by atoms with van der Waals surface area (Å²) < 4.78 is 0. The van der Waals surface area contributed by atoms with Crippen LogP contribution in [0.15, 0.2) is 12.1 Å². The SMILES string of the molecule is CC(=O)Nc1cc2c(cc1C(C)C)CC[C@H]1[C@](C)(C(=O)O)CCC[C@]21C. The summed E-state index contributed by atoms with van der Waals surface area (Å²) in [5.74, 6) is -0.284. The molecule has 1 fully saturated rings. The first kappa shape index (κ1) is 18.9. The fraction of sp³-hybridized carbons (Fsp3) is 0.636. The van der Waals surface area contributed by atoms with E-state index in [2.05, 4.69) is 38.2 Å². The smallest absolute Gasteiger partial charge is 0.309 e. The lowest BCUT2D eigenvalue weighted by Crippen LogP contribution is -2.52. The molecule has 3 rings (SSSR count). The van der Waals surface area contributed by atoms with Gasteiger partial charge in [0.2, 0.25) is 5.91 Å². The molecule has 142 valence electrons. The Kier molecular flexibility index (Phi) is 4.66. The van der Waals surface area contributed by atoms with Crippen LogP contribution in [-0.4, -0.2) is 17.0 Å². The third-order valence-corrected chi connectivity index (χ3v) is 6.94. The number of benzene rings is 1. The molecule has 0 spiro atoms. The molecule has 2 aliphatic rings. The monoisotopic (exact) mass is 357 g/mol. The number of carbonyl (C=O) groups excluding carboxylic acids is 1. The number of hydrogen-bond donors (Lipinski definition) is 2. The van der Waals surface area contributed by atoms with E-state index < -0.39 is 11.4 Å². The Bertz CT molecular complexity index is 754. The maximum absolute atomic E-state index is 12.1. The maximum Gasteiger partial charge on any atom is 0.309 e. The molecule has 0 aromatic heterocycles. The van der Waals surface area contributed by atoms with Gasteiger partial charge in [-0.25, -0.2) is 0 Å². The van der Waals surface area contributed by atoms with Gasteiger partial charge in [-0.3, -0.25) is 9.59 Å². The molecule has 26 heavy (non-hydrogen) atoms. The van der Waals surface area contributed by atoms with E-state index in [1.807, 2.05) is 6.92 Å². The van der Waals surface area contributed by atoms with Crippen molar-refractivity contribution < 1.29 is 14.7 Å². The molecule has 0 bridgehead atoms. The van der Waals surface area contributed by atoms with Gasteiger partial charge in [-0.2, -0.15) is 0 Å². The summed E-state index contributed by atoms with van der Waals surface area (Å²) in [7, 11) is 0. The molecule has 0 saturated heterocycles. The van der Waals surface area contributed by atoms with E-state index in [4.69, 9.17) is 0 Å². The van der Waals surface area contributed by atoms with Crippen LogP contribution >= 0.6 is 0 Å². The molecule has 4 heteroatoms. The van der Waals surface area contributed by atoms with Gasteiger partial charge in [0, 0.05) is 12.6 Å². The zero-order chi connectivity index (χ0) is 19.3. The quantitative estimate of drug-likeness (QED) is 0.811. The number of carbonyl (C=O) groups is 2. The molecule has 2 N–H and O–H groups in total. The van der Waals surface area contributed by atoms with Crippen LogP contribution in [0.4, 0.5) is 5.69 Å². The van der Waals surface area contributed by atoms with E-state index >= 15 is 0 Å². The highest BCUT2D eigenvalue weighted by atomic mass is 16.4. The normalized spacial score (nSPS) is 30.5. The first-order valence-electron chi connectivity index (χ1n) is 9.78. The van der Waals surface area contributed by atoms with Crippen LogP contribution in [0, 0.1) is 11.3 Å². The topological polar surface area (TPSA) is 66.4 Å². The average molecular weight is 357 g/mol. The Morgan fingerprint density at radius 3 is 2.50 bits per heavy atom. The molecule has 1 aromatic rings. The largest absolute Gasteiger partial charge is 0.481 e. The minimum absolute atomic E-state index is 0.0663. The number of fused-ring (bicyclic) bond motifs is 3.